The fourth-order valence-electron chi connectivity index (χ4n) is 1.94. The summed E-state index contributed by atoms with van der Waals surface area (Å²) in [6.45, 7) is 0. The minimum Gasteiger partial charge on any atom is -0.355 e. The molecule has 0 amide bonds. The van der Waals surface area contributed by atoms with Crippen molar-refractivity contribution in [2.75, 3.05) is 0 Å². The Hall–Kier alpha value is -1.90. The van der Waals surface area contributed by atoms with E-state index in [2.05, 4.69) is 0 Å². The summed E-state index contributed by atoms with van der Waals surface area (Å²) in [6, 6.07) is 3.90. The molecule has 2 nitrogen and oxygen atoms in total. The van der Waals surface area contributed by atoms with E-state index >= 15 is 0 Å². The first kappa shape index (κ1) is 17.5. The normalized spacial score (nSPS) is 12.5. The maximum absolute atomic E-state index is 12.7. The molecule has 2 aromatic rings. The van der Waals surface area contributed by atoms with E-state index < -0.39 is 39.3 Å². The molecular formula is C14H9F6NOS. The second-order valence-corrected chi connectivity index (χ2v) is 5.76. The molecule has 0 spiro atoms. The number of aryl methyl sites for hydroxylation is 1. The van der Waals surface area contributed by atoms with Gasteiger partial charge in [-0.05, 0) is 29.5 Å². The molecule has 0 saturated heterocycles. The quantitative estimate of drug-likeness (QED) is 0.578. The largest absolute Gasteiger partial charge is 0.446 e. The predicted octanol–water partition coefficient (Wildman–Crippen LogP) is 4.68. The van der Waals surface area contributed by atoms with Crippen molar-refractivity contribution >= 4 is 11.8 Å². The first-order valence-corrected chi connectivity index (χ1v) is 6.93. The number of thioether (sulfide) groups is 1. The molecule has 1 heterocycles. The summed E-state index contributed by atoms with van der Waals surface area (Å²) in [6.07, 6.45) is -2.44. The monoisotopic (exact) mass is 353 g/mol. The molecule has 0 fully saturated rings. The van der Waals surface area contributed by atoms with Crippen molar-refractivity contribution in [1.29, 1.82) is 0 Å². The number of pyridine rings is 1. The first-order valence-electron chi connectivity index (χ1n) is 6.11. The van der Waals surface area contributed by atoms with Crippen LogP contribution in [0.25, 0.3) is 11.1 Å². The van der Waals surface area contributed by atoms with Crippen LogP contribution in [0.5, 0.6) is 0 Å². The van der Waals surface area contributed by atoms with Gasteiger partial charge in [0.05, 0.1) is 10.5 Å². The van der Waals surface area contributed by atoms with Gasteiger partial charge in [0.2, 0.25) is 5.43 Å². The highest BCUT2D eigenvalue weighted by molar-refractivity contribution is 8.00. The molecule has 2 rings (SSSR count). The van der Waals surface area contributed by atoms with Gasteiger partial charge < -0.3 is 4.57 Å². The minimum absolute atomic E-state index is 0.0925. The molecule has 0 N–H and O–H groups in total. The van der Waals surface area contributed by atoms with Crippen molar-refractivity contribution in [2.24, 2.45) is 7.05 Å². The van der Waals surface area contributed by atoms with Gasteiger partial charge in [0.25, 0.3) is 0 Å². The maximum atomic E-state index is 12.7. The van der Waals surface area contributed by atoms with Crippen LogP contribution < -0.4 is 5.43 Å². The smallest absolute Gasteiger partial charge is 0.355 e. The van der Waals surface area contributed by atoms with Crippen LogP contribution >= 0.6 is 11.8 Å². The third-order valence-corrected chi connectivity index (χ3v) is 3.59. The second kappa shape index (κ2) is 5.95. The van der Waals surface area contributed by atoms with Gasteiger partial charge in [-0.1, -0.05) is 12.1 Å². The zero-order valence-electron chi connectivity index (χ0n) is 11.5. The van der Waals surface area contributed by atoms with Crippen molar-refractivity contribution in [3.05, 3.63) is 52.4 Å². The summed E-state index contributed by atoms with van der Waals surface area (Å²) < 4.78 is 76.8. The van der Waals surface area contributed by atoms with E-state index in [1.165, 1.54) is 23.9 Å². The van der Waals surface area contributed by atoms with Crippen LogP contribution in [0.4, 0.5) is 26.3 Å². The van der Waals surface area contributed by atoms with Gasteiger partial charge in [-0.25, -0.2) is 0 Å². The molecule has 0 aliphatic rings. The number of aromatic nitrogens is 1. The molecule has 0 bridgehead atoms. The Balaban J connectivity index is 2.59. The summed E-state index contributed by atoms with van der Waals surface area (Å²) in [5.74, 6) is 0. The van der Waals surface area contributed by atoms with Crippen LogP contribution in [0.3, 0.4) is 0 Å². The number of hydrogen-bond acceptors (Lipinski definition) is 2. The Labute approximate surface area is 130 Å². The maximum Gasteiger partial charge on any atom is 0.446 e. The number of halogens is 6. The van der Waals surface area contributed by atoms with Crippen LogP contribution in [0.2, 0.25) is 0 Å². The molecular weight excluding hydrogens is 344 g/mol. The molecule has 1 aromatic carbocycles. The van der Waals surface area contributed by atoms with Gasteiger partial charge in [0.15, 0.2) is 0 Å². The van der Waals surface area contributed by atoms with Gasteiger partial charge in [0, 0.05) is 25.0 Å². The van der Waals surface area contributed by atoms with Gasteiger partial charge in [0.1, 0.15) is 0 Å². The van der Waals surface area contributed by atoms with Crippen molar-refractivity contribution in [1.82, 2.24) is 4.57 Å². The van der Waals surface area contributed by atoms with Gasteiger partial charge in [-0.15, -0.1) is 0 Å². The van der Waals surface area contributed by atoms with Crippen molar-refractivity contribution < 1.29 is 26.3 Å². The average Bonchev–Trinajstić information content (AvgIpc) is 2.40. The van der Waals surface area contributed by atoms with Gasteiger partial charge in [-0.3, -0.25) is 4.79 Å². The van der Waals surface area contributed by atoms with E-state index in [0.717, 1.165) is 24.4 Å². The first-order chi connectivity index (χ1) is 10.5. The summed E-state index contributed by atoms with van der Waals surface area (Å²) in [5.41, 5.74) is -6.94. The Morgan fingerprint density at radius 3 is 2.26 bits per heavy atom. The molecule has 0 atom stereocenters. The van der Waals surface area contributed by atoms with Crippen molar-refractivity contribution in [3.8, 4) is 11.1 Å². The van der Waals surface area contributed by atoms with Crippen LogP contribution in [-0.4, -0.2) is 10.1 Å². The highest BCUT2D eigenvalue weighted by atomic mass is 32.2. The number of alkyl halides is 6. The third kappa shape index (κ3) is 4.31. The Morgan fingerprint density at radius 2 is 1.70 bits per heavy atom. The molecule has 23 heavy (non-hydrogen) atoms. The van der Waals surface area contributed by atoms with Gasteiger partial charge in [-0.2, -0.15) is 26.3 Å². The van der Waals surface area contributed by atoms with E-state index in [-0.39, 0.29) is 11.1 Å². The Morgan fingerprint density at radius 1 is 1.04 bits per heavy atom. The van der Waals surface area contributed by atoms with E-state index in [1.807, 2.05) is 0 Å². The third-order valence-electron chi connectivity index (χ3n) is 2.85. The van der Waals surface area contributed by atoms with E-state index in [4.69, 9.17) is 0 Å². The lowest BCUT2D eigenvalue weighted by Crippen LogP contribution is -2.14. The van der Waals surface area contributed by atoms with Crippen LogP contribution in [0.15, 0.2) is 46.3 Å². The lowest BCUT2D eigenvalue weighted by Gasteiger charge is -2.12. The molecule has 9 heteroatoms. The van der Waals surface area contributed by atoms with Gasteiger partial charge >= 0.3 is 11.7 Å². The Bertz CT molecular complexity index is 778. The number of benzene rings is 1. The molecule has 0 unspecified atom stereocenters. The topological polar surface area (TPSA) is 22.0 Å². The number of rotatable bonds is 2. The van der Waals surface area contributed by atoms with E-state index in [1.54, 1.807) is 0 Å². The second-order valence-electron chi connectivity index (χ2n) is 4.66. The Kier molecular flexibility index (Phi) is 4.52. The lowest BCUT2D eigenvalue weighted by atomic mass is 10.0. The molecule has 0 saturated carbocycles. The minimum atomic E-state index is -4.67. The molecule has 0 aliphatic heterocycles. The van der Waals surface area contributed by atoms with E-state index in [0.29, 0.717) is 0 Å². The van der Waals surface area contributed by atoms with Crippen LogP contribution in [-0.2, 0) is 13.2 Å². The highest BCUT2D eigenvalue weighted by Gasteiger charge is 2.32. The number of hydrogen-bond donors (Lipinski definition) is 0. The van der Waals surface area contributed by atoms with Crippen molar-refractivity contribution in [3.63, 3.8) is 0 Å². The van der Waals surface area contributed by atoms with Crippen LogP contribution in [0, 0.1) is 0 Å². The fourth-order valence-corrected chi connectivity index (χ4v) is 2.61. The lowest BCUT2D eigenvalue weighted by molar-refractivity contribution is -0.137. The summed E-state index contributed by atoms with van der Waals surface area (Å²) in [5, 5.41) is 0. The summed E-state index contributed by atoms with van der Waals surface area (Å²) in [7, 11) is 1.39. The standard InChI is InChI=1S/C14H9F6NOS/c1-21-6-10(12(22)11(7-21)23-14(18,19)20)8-3-2-4-9(5-8)13(15,16)17/h2-7H,1H3. The van der Waals surface area contributed by atoms with Crippen LogP contribution in [0.1, 0.15) is 5.56 Å². The predicted molar refractivity (Wildman–Crippen MR) is 74.0 cm³/mol. The summed E-state index contributed by atoms with van der Waals surface area (Å²) in [4.78, 5) is 11.5. The molecule has 124 valence electrons. The SMILES string of the molecule is Cn1cc(SC(F)(F)F)c(=O)c(-c2cccc(C(F)(F)F)c2)c1. The molecule has 1 aromatic heterocycles. The van der Waals surface area contributed by atoms with E-state index in [9.17, 15) is 31.1 Å². The molecule has 0 aliphatic carbocycles. The molecule has 0 radical (unpaired) electrons. The average molecular weight is 353 g/mol. The zero-order chi connectivity index (χ0) is 17.4. The fraction of sp³-hybridized carbons (Fsp3) is 0.214. The van der Waals surface area contributed by atoms with Crippen molar-refractivity contribution in [2.45, 2.75) is 16.6 Å². The number of nitrogens with zero attached hydrogens (tertiary/aromatic N) is 1. The highest BCUT2D eigenvalue weighted by Crippen LogP contribution is 2.36. The zero-order valence-corrected chi connectivity index (χ0v) is 12.3. The summed E-state index contributed by atoms with van der Waals surface area (Å²) >= 11 is -0.595.